The van der Waals surface area contributed by atoms with Crippen LogP contribution in [0.15, 0.2) is 78.9 Å². The molecule has 0 unspecified atom stereocenters. The number of fused-ring (bicyclic) bond motifs is 2. The van der Waals surface area contributed by atoms with E-state index in [-0.39, 0.29) is 18.3 Å². The molecule has 0 N–H and O–H groups in total. The Bertz CT molecular complexity index is 1460. The van der Waals surface area contributed by atoms with Gasteiger partial charge in [-0.25, -0.2) is 0 Å². The molecule has 4 aromatic rings. The third-order valence-corrected chi connectivity index (χ3v) is 7.07. The lowest BCUT2D eigenvalue weighted by Gasteiger charge is -2.25. The summed E-state index contributed by atoms with van der Waals surface area (Å²) >= 11 is 6.07. The smallest absolute Gasteiger partial charge is 0.265 e. The highest BCUT2D eigenvalue weighted by molar-refractivity contribution is 6.30. The lowest BCUT2D eigenvalue weighted by atomic mass is 10.1. The zero-order valence-electron chi connectivity index (χ0n) is 23.0. The Morgan fingerprint density at radius 1 is 0.923 bits per heavy atom. The van der Waals surface area contributed by atoms with Gasteiger partial charge in [-0.15, -0.1) is 0 Å². The molecule has 0 bridgehead atoms. The largest absolute Gasteiger partial charge is 0.483 e. The highest BCUT2D eigenvalue weighted by atomic mass is 35.5. The van der Waals surface area contributed by atoms with Gasteiger partial charge in [0.25, 0.3) is 5.91 Å². The van der Waals surface area contributed by atoms with Gasteiger partial charge in [0.1, 0.15) is 5.75 Å². The summed E-state index contributed by atoms with van der Waals surface area (Å²) in [5.41, 5.74) is 6.20. The Morgan fingerprint density at radius 3 is 2.41 bits per heavy atom. The van der Waals surface area contributed by atoms with Crippen molar-refractivity contribution >= 4 is 29.0 Å². The average molecular weight is 543 g/mol. The normalized spacial score (nSPS) is 12.6. The second kappa shape index (κ2) is 12.8. The monoisotopic (exact) mass is 542 g/mol. The van der Waals surface area contributed by atoms with Crippen LogP contribution in [0.5, 0.6) is 5.75 Å². The number of aromatic nitrogens is 1. The summed E-state index contributed by atoms with van der Waals surface area (Å²) in [7, 11) is 0. The second-order valence-corrected chi connectivity index (χ2v) is 9.90. The summed E-state index contributed by atoms with van der Waals surface area (Å²) in [5, 5.41) is 0.627. The number of aryl methyl sites for hydroxylation is 3. The molecular weight excluding hydrogens is 508 g/mol. The van der Waals surface area contributed by atoms with Gasteiger partial charge in [0.05, 0.1) is 12.2 Å². The number of benzene rings is 3. The Morgan fingerprint density at radius 2 is 1.67 bits per heavy atom. The molecule has 1 aliphatic heterocycles. The molecule has 5 nitrogen and oxygen atoms in total. The number of hydrogen-bond acceptors (Lipinski definition) is 3. The quantitative estimate of drug-likeness (QED) is 0.244. The van der Waals surface area contributed by atoms with Gasteiger partial charge in [-0.05, 0) is 74.2 Å². The van der Waals surface area contributed by atoms with E-state index in [1.165, 1.54) is 0 Å². The summed E-state index contributed by atoms with van der Waals surface area (Å²) in [6.45, 7) is 8.85. The van der Waals surface area contributed by atoms with E-state index < -0.39 is 0 Å². The van der Waals surface area contributed by atoms with Crippen LogP contribution < -0.4 is 9.64 Å². The fourth-order valence-electron chi connectivity index (χ4n) is 4.84. The highest BCUT2D eigenvalue weighted by Crippen LogP contribution is 2.28. The number of anilines is 1. The minimum absolute atomic E-state index is 0.0116. The first-order chi connectivity index (χ1) is 18.9. The molecule has 0 atom stereocenters. The Balaban J connectivity index is 0.00000172. The van der Waals surface area contributed by atoms with E-state index in [1.54, 1.807) is 17.0 Å². The summed E-state index contributed by atoms with van der Waals surface area (Å²) in [6, 6.07) is 24.8. The molecule has 0 fully saturated rings. The Hall–Kier alpha value is -3.83. The first-order valence-corrected chi connectivity index (χ1v) is 13.9. The predicted octanol–water partition coefficient (Wildman–Crippen LogP) is 7.57. The fourth-order valence-corrected chi connectivity index (χ4v) is 5.06. The molecule has 3 aromatic carbocycles. The number of carbonyl (C=O) groups excluding carboxylic acids is 2. The number of hydrogen-bond donors (Lipinski definition) is 0. The van der Waals surface area contributed by atoms with Crippen LogP contribution in [-0.4, -0.2) is 22.9 Å². The van der Waals surface area contributed by atoms with Crippen LogP contribution in [-0.2, 0) is 24.3 Å². The number of ether oxygens (including phenoxy) is 1. The lowest BCUT2D eigenvalue weighted by molar-refractivity contribution is -0.120. The number of nitrogens with zero attached hydrogens (tertiary/aromatic N) is 2. The van der Waals surface area contributed by atoms with E-state index in [0.717, 1.165) is 40.9 Å². The topological polar surface area (TPSA) is 51.5 Å². The van der Waals surface area contributed by atoms with Gasteiger partial charge in [0.2, 0.25) is 5.78 Å². The van der Waals surface area contributed by atoms with E-state index >= 15 is 0 Å². The van der Waals surface area contributed by atoms with Crippen LogP contribution in [0, 0.1) is 13.8 Å². The number of amides is 1. The van der Waals surface area contributed by atoms with Crippen molar-refractivity contribution in [2.24, 2.45) is 0 Å². The molecule has 0 spiro atoms. The molecule has 1 aromatic heterocycles. The van der Waals surface area contributed by atoms with Gasteiger partial charge in [0, 0.05) is 28.5 Å². The van der Waals surface area contributed by atoms with Gasteiger partial charge in [-0.3, -0.25) is 9.59 Å². The third-order valence-electron chi connectivity index (χ3n) is 6.84. The lowest BCUT2D eigenvalue weighted by Crippen LogP contribution is -2.35. The molecule has 0 aliphatic carbocycles. The Kier molecular flexibility index (Phi) is 9.26. The van der Waals surface area contributed by atoms with Crippen molar-refractivity contribution in [2.45, 2.75) is 53.6 Å². The number of para-hydroxylation sites is 1. The molecule has 0 radical (unpaired) electrons. The fraction of sp³-hybridized carbons (Fsp3) is 0.273. The molecule has 202 valence electrons. The van der Waals surface area contributed by atoms with Gasteiger partial charge >= 0.3 is 0 Å². The molecular formula is C33H35ClN2O3. The van der Waals surface area contributed by atoms with E-state index in [0.29, 0.717) is 35.1 Å². The summed E-state index contributed by atoms with van der Waals surface area (Å²) in [5.74, 6) is 0.468. The van der Waals surface area contributed by atoms with Crippen LogP contribution in [0.2, 0.25) is 5.02 Å². The van der Waals surface area contributed by atoms with Crippen LogP contribution >= 0.6 is 11.6 Å². The van der Waals surface area contributed by atoms with Crippen molar-refractivity contribution in [3.05, 3.63) is 118 Å². The van der Waals surface area contributed by atoms with E-state index in [2.05, 4.69) is 10.6 Å². The van der Waals surface area contributed by atoms with Crippen LogP contribution in [0.4, 0.5) is 5.69 Å². The maximum absolute atomic E-state index is 13.6. The van der Waals surface area contributed by atoms with Crippen LogP contribution in [0.3, 0.4) is 0 Å². The molecule has 5 rings (SSSR count). The molecule has 39 heavy (non-hydrogen) atoms. The minimum Gasteiger partial charge on any atom is -0.483 e. The number of halogens is 1. The summed E-state index contributed by atoms with van der Waals surface area (Å²) in [4.78, 5) is 28.8. The Labute approximate surface area is 236 Å². The second-order valence-electron chi connectivity index (χ2n) is 9.47. The molecule has 1 aliphatic rings. The van der Waals surface area contributed by atoms with Crippen molar-refractivity contribution in [1.82, 2.24) is 4.57 Å². The van der Waals surface area contributed by atoms with Crippen molar-refractivity contribution in [3.8, 4) is 5.75 Å². The third kappa shape index (κ3) is 6.43. The van der Waals surface area contributed by atoms with Gasteiger partial charge in [-0.1, -0.05) is 73.5 Å². The predicted molar refractivity (Wildman–Crippen MR) is 158 cm³/mol. The van der Waals surface area contributed by atoms with E-state index in [4.69, 9.17) is 16.3 Å². The number of rotatable bonds is 5. The van der Waals surface area contributed by atoms with Crippen molar-refractivity contribution in [2.75, 3.05) is 11.5 Å². The van der Waals surface area contributed by atoms with E-state index in [1.807, 2.05) is 88.4 Å². The van der Waals surface area contributed by atoms with Crippen LogP contribution in [0.25, 0.3) is 0 Å². The highest BCUT2D eigenvalue weighted by Gasteiger charge is 2.25. The first kappa shape index (κ1) is 28.2. The van der Waals surface area contributed by atoms with Crippen molar-refractivity contribution < 1.29 is 14.3 Å². The van der Waals surface area contributed by atoms with Gasteiger partial charge in [-0.2, -0.15) is 0 Å². The maximum Gasteiger partial charge on any atom is 0.265 e. The van der Waals surface area contributed by atoms with Crippen LogP contribution in [0.1, 0.15) is 58.7 Å². The zero-order valence-corrected chi connectivity index (χ0v) is 23.8. The van der Waals surface area contributed by atoms with Crippen molar-refractivity contribution in [3.63, 3.8) is 0 Å². The van der Waals surface area contributed by atoms with Gasteiger partial charge in [0.15, 0.2) is 6.61 Å². The SMILES string of the molecule is CC.Cc1ccc(C(=O)c2ccc3n2CCCc2ccccc2N(C(=O)COc2ccc(Cl)cc2C)C3)cc1. The molecule has 6 heteroatoms. The molecule has 1 amide bonds. The van der Waals surface area contributed by atoms with Crippen molar-refractivity contribution in [1.29, 1.82) is 0 Å². The minimum atomic E-state index is -0.150. The summed E-state index contributed by atoms with van der Waals surface area (Å²) < 4.78 is 7.98. The number of carbonyl (C=O) groups is 2. The molecule has 0 saturated heterocycles. The van der Waals surface area contributed by atoms with E-state index in [9.17, 15) is 9.59 Å². The molecule has 2 heterocycles. The summed E-state index contributed by atoms with van der Waals surface area (Å²) in [6.07, 6.45) is 1.66. The average Bonchev–Trinajstić information content (AvgIpc) is 3.37. The molecule has 0 saturated carbocycles. The number of ketones is 1. The first-order valence-electron chi connectivity index (χ1n) is 13.5. The van der Waals surface area contributed by atoms with Gasteiger partial charge < -0.3 is 14.2 Å². The maximum atomic E-state index is 13.6. The zero-order chi connectivity index (χ0) is 27.9. The standard InChI is InChI=1S/C31H29ClN2O3.C2H6/c1-21-9-11-24(12-10-21)31(36)28-15-14-26-19-34(27-8-4-3-6-23(27)7-5-17-33(26)28)30(35)20-37-29-16-13-25(32)18-22(29)2;1-2/h3-4,6,8-16,18H,5,7,17,19-20H2,1-2H3;1-2H3.